The molecule has 0 bridgehead atoms. The van der Waals surface area contributed by atoms with E-state index in [2.05, 4.69) is 0 Å². The minimum absolute atomic E-state index is 0.318. The van der Waals surface area contributed by atoms with Gasteiger partial charge in [-0.15, -0.1) is 0 Å². The molecule has 94 valence electrons. The van der Waals surface area contributed by atoms with Crippen molar-refractivity contribution in [2.75, 3.05) is 7.05 Å². The summed E-state index contributed by atoms with van der Waals surface area (Å²) in [6.45, 7) is 3.98. The molecule has 1 aromatic carbocycles. The number of hydrogen-bond donors (Lipinski definition) is 1. The van der Waals surface area contributed by atoms with E-state index in [1.165, 1.54) is 0 Å². The van der Waals surface area contributed by atoms with E-state index in [1.54, 1.807) is 11.4 Å². The Kier molecular flexibility index (Phi) is 5.02. The Bertz CT molecular complexity index is 429. The Morgan fingerprint density at radius 1 is 1.29 bits per heavy atom. The van der Waals surface area contributed by atoms with Gasteiger partial charge >= 0.3 is 0 Å². The highest BCUT2D eigenvalue weighted by atomic mass is 35.6. The zero-order chi connectivity index (χ0) is 13.2. The van der Waals surface area contributed by atoms with Crippen molar-refractivity contribution < 1.29 is 0 Å². The third kappa shape index (κ3) is 4.59. The van der Waals surface area contributed by atoms with Crippen LogP contribution in [0, 0.1) is 19.3 Å². The highest BCUT2D eigenvalue weighted by Gasteiger charge is 2.25. The molecule has 0 atom stereocenters. The average molecular weight is 312 g/mol. The largest absolute Gasteiger partial charge is 0.300 e. The summed E-state index contributed by atoms with van der Waals surface area (Å²) in [5, 5.41) is 8.06. The van der Waals surface area contributed by atoms with Gasteiger partial charge in [-0.2, -0.15) is 0 Å². The lowest BCUT2D eigenvalue weighted by molar-refractivity contribution is 0.833. The van der Waals surface area contributed by atoms with Crippen LogP contribution in [0.1, 0.15) is 16.7 Å². The van der Waals surface area contributed by atoms with Gasteiger partial charge in [0.2, 0.25) is 0 Å². The van der Waals surface area contributed by atoms with E-state index < -0.39 is 3.12 Å². The average Bonchev–Trinajstić information content (AvgIpc) is 2.14. The summed E-state index contributed by atoms with van der Waals surface area (Å²) in [4.78, 5) is 0. The van der Waals surface area contributed by atoms with Crippen LogP contribution in [-0.2, 0) is 0 Å². The van der Waals surface area contributed by atoms with Crippen LogP contribution < -0.4 is 0 Å². The number of rotatable bonds is 2. The van der Waals surface area contributed by atoms with Crippen molar-refractivity contribution >= 4 is 52.6 Å². The first-order chi connectivity index (χ1) is 7.70. The molecule has 17 heavy (non-hydrogen) atoms. The molecule has 0 saturated carbocycles. The normalized spacial score (nSPS) is 11.4. The fourth-order valence-corrected chi connectivity index (χ4v) is 2.88. The summed E-state index contributed by atoms with van der Waals surface area (Å²) >= 11 is 18.0. The topological polar surface area (TPSA) is 27.1 Å². The summed E-state index contributed by atoms with van der Waals surface area (Å²) in [6, 6.07) is 5.89. The van der Waals surface area contributed by atoms with Crippen molar-refractivity contribution in [2.24, 2.45) is 0 Å². The van der Waals surface area contributed by atoms with Gasteiger partial charge in [-0.1, -0.05) is 58.6 Å². The Hall–Kier alpha value is -0.0900. The lowest BCUT2D eigenvalue weighted by Gasteiger charge is -2.23. The number of amidine groups is 1. The van der Waals surface area contributed by atoms with Gasteiger partial charge in [0.05, 0.1) is 0 Å². The first kappa shape index (κ1) is 15.0. The standard InChI is InChI=1S/C11H13Cl3N2S/c1-7-4-5-9(8(2)6-7)10(15)16(3)17-11(12,13)14/h4-6,15H,1-3H3. The first-order valence-corrected chi connectivity index (χ1v) is 6.77. The van der Waals surface area contributed by atoms with E-state index in [4.69, 9.17) is 40.2 Å². The van der Waals surface area contributed by atoms with Gasteiger partial charge in [0.25, 0.3) is 3.12 Å². The second kappa shape index (κ2) is 5.70. The van der Waals surface area contributed by atoms with Crippen LogP contribution in [-0.4, -0.2) is 20.3 Å². The molecule has 6 heteroatoms. The maximum absolute atomic E-state index is 8.06. The van der Waals surface area contributed by atoms with Gasteiger partial charge in [0.15, 0.2) is 0 Å². The summed E-state index contributed by atoms with van der Waals surface area (Å²) < 4.78 is 0.0876. The van der Waals surface area contributed by atoms with Crippen LogP contribution in [0.3, 0.4) is 0 Å². The molecule has 0 aliphatic rings. The number of halogens is 3. The van der Waals surface area contributed by atoms with E-state index in [0.717, 1.165) is 28.6 Å². The SMILES string of the molecule is Cc1ccc(C(=N)N(C)SC(Cl)(Cl)Cl)c(C)c1. The summed E-state index contributed by atoms with van der Waals surface area (Å²) in [5.74, 6) is 0.318. The van der Waals surface area contributed by atoms with Gasteiger partial charge in [-0.05, 0) is 19.4 Å². The summed E-state index contributed by atoms with van der Waals surface area (Å²) in [5.41, 5.74) is 3.03. The molecular weight excluding hydrogens is 299 g/mol. The predicted molar refractivity (Wildman–Crippen MR) is 78.4 cm³/mol. The quantitative estimate of drug-likeness (QED) is 0.376. The Morgan fingerprint density at radius 2 is 1.88 bits per heavy atom. The highest BCUT2D eigenvalue weighted by Crippen LogP contribution is 2.40. The molecule has 0 aliphatic carbocycles. The highest BCUT2D eigenvalue weighted by molar-refractivity contribution is 8.03. The molecule has 0 aliphatic heterocycles. The summed E-state index contributed by atoms with van der Waals surface area (Å²) in [7, 11) is 1.70. The van der Waals surface area contributed by atoms with E-state index in [-0.39, 0.29) is 0 Å². The van der Waals surface area contributed by atoms with Crippen molar-refractivity contribution in [3.63, 3.8) is 0 Å². The first-order valence-electron chi connectivity index (χ1n) is 4.86. The van der Waals surface area contributed by atoms with Crippen LogP contribution in [0.5, 0.6) is 0 Å². The number of nitrogens with one attached hydrogen (secondary N) is 1. The lowest BCUT2D eigenvalue weighted by atomic mass is 10.1. The number of aryl methyl sites for hydroxylation is 2. The molecule has 2 nitrogen and oxygen atoms in total. The number of hydrogen-bond acceptors (Lipinski definition) is 2. The molecule has 1 rings (SSSR count). The Labute approximate surface area is 121 Å². The molecule has 0 aromatic heterocycles. The number of nitrogens with zero attached hydrogens (tertiary/aromatic N) is 1. The molecule has 1 aromatic rings. The third-order valence-corrected chi connectivity index (χ3v) is 3.48. The van der Waals surface area contributed by atoms with Crippen molar-refractivity contribution in [1.82, 2.24) is 4.31 Å². The fraction of sp³-hybridized carbons (Fsp3) is 0.364. The van der Waals surface area contributed by atoms with Gasteiger partial charge in [0.1, 0.15) is 5.84 Å². The molecule has 0 unspecified atom stereocenters. The minimum Gasteiger partial charge on any atom is -0.300 e. The van der Waals surface area contributed by atoms with E-state index >= 15 is 0 Å². The monoisotopic (exact) mass is 310 g/mol. The Morgan fingerprint density at radius 3 is 2.35 bits per heavy atom. The van der Waals surface area contributed by atoms with Crippen molar-refractivity contribution in [1.29, 1.82) is 5.41 Å². The summed E-state index contributed by atoms with van der Waals surface area (Å²) in [6.07, 6.45) is 0. The molecule has 0 heterocycles. The van der Waals surface area contributed by atoms with E-state index in [9.17, 15) is 0 Å². The van der Waals surface area contributed by atoms with Crippen molar-refractivity contribution in [3.8, 4) is 0 Å². The molecule has 0 saturated heterocycles. The van der Waals surface area contributed by atoms with Gasteiger partial charge in [0, 0.05) is 24.6 Å². The predicted octanol–water partition coefficient (Wildman–Crippen LogP) is 4.54. The number of alkyl halides is 3. The van der Waals surface area contributed by atoms with Gasteiger partial charge in [-0.25, -0.2) is 0 Å². The van der Waals surface area contributed by atoms with E-state index in [1.807, 2.05) is 32.0 Å². The molecule has 0 radical (unpaired) electrons. The van der Waals surface area contributed by atoms with Gasteiger partial charge in [-0.3, -0.25) is 5.41 Å². The number of benzene rings is 1. The maximum Gasteiger partial charge on any atom is 0.256 e. The van der Waals surface area contributed by atoms with Crippen molar-refractivity contribution in [2.45, 2.75) is 17.0 Å². The molecule has 1 N–H and O–H groups in total. The van der Waals surface area contributed by atoms with E-state index in [0.29, 0.717) is 5.84 Å². The maximum atomic E-state index is 8.06. The zero-order valence-corrected chi connectivity index (χ0v) is 12.8. The zero-order valence-electron chi connectivity index (χ0n) is 9.72. The molecular formula is C11H13Cl3N2S. The van der Waals surface area contributed by atoms with Crippen LogP contribution in [0.25, 0.3) is 0 Å². The second-order valence-electron chi connectivity index (χ2n) is 3.70. The van der Waals surface area contributed by atoms with Crippen LogP contribution in [0.4, 0.5) is 0 Å². The molecule has 0 fully saturated rings. The minimum atomic E-state index is -1.46. The van der Waals surface area contributed by atoms with Crippen LogP contribution in [0.15, 0.2) is 18.2 Å². The third-order valence-electron chi connectivity index (χ3n) is 2.19. The fourth-order valence-electron chi connectivity index (χ4n) is 1.45. The molecule has 0 spiro atoms. The Balaban J connectivity index is 2.89. The second-order valence-corrected chi connectivity index (χ2v) is 8.00. The van der Waals surface area contributed by atoms with Gasteiger partial charge < -0.3 is 4.31 Å². The molecule has 0 amide bonds. The lowest BCUT2D eigenvalue weighted by Crippen LogP contribution is -2.23. The smallest absolute Gasteiger partial charge is 0.256 e. The van der Waals surface area contributed by atoms with Crippen molar-refractivity contribution in [3.05, 3.63) is 34.9 Å². The van der Waals surface area contributed by atoms with Crippen LogP contribution >= 0.6 is 46.8 Å². The van der Waals surface area contributed by atoms with Crippen LogP contribution in [0.2, 0.25) is 0 Å².